The predicted octanol–water partition coefficient (Wildman–Crippen LogP) is 0.0483. The summed E-state index contributed by atoms with van der Waals surface area (Å²) >= 11 is 0. The molecule has 0 aliphatic carbocycles. The molecule has 0 radical (unpaired) electrons. The SMILES string of the molecule is FC1CC2CNC(CN2)C1. The van der Waals surface area contributed by atoms with E-state index in [1.54, 1.807) is 0 Å². The van der Waals surface area contributed by atoms with Crippen LogP contribution < -0.4 is 10.6 Å². The highest BCUT2D eigenvalue weighted by Gasteiger charge is 2.29. The van der Waals surface area contributed by atoms with Gasteiger partial charge in [0.25, 0.3) is 0 Å². The van der Waals surface area contributed by atoms with Gasteiger partial charge in [0.05, 0.1) is 0 Å². The van der Waals surface area contributed by atoms with Crippen LogP contribution in [0.1, 0.15) is 12.8 Å². The molecule has 0 aromatic carbocycles. The molecule has 0 aromatic rings. The highest BCUT2D eigenvalue weighted by Crippen LogP contribution is 2.17. The maximum atomic E-state index is 12.9. The predicted molar refractivity (Wildman–Crippen MR) is 37.7 cm³/mol. The standard InChI is InChI=1S/C7H13FN2/c8-5-1-6-3-10-7(2-5)4-9-6/h5-7,9-10H,1-4H2. The van der Waals surface area contributed by atoms with E-state index >= 15 is 0 Å². The van der Waals surface area contributed by atoms with Crippen molar-refractivity contribution in [3.63, 3.8) is 0 Å². The first-order chi connectivity index (χ1) is 4.84. The van der Waals surface area contributed by atoms with Gasteiger partial charge in [-0.15, -0.1) is 0 Å². The third kappa shape index (κ3) is 1.16. The largest absolute Gasteiger partial charge is 0.311 e. The Morgan fingerprint density at radius 2 is 1.50 bits per heavy atom. The lowest BCUT2D eigenvalue weighted by atomic mass is 10.1. The Kier molecular flexibility index (Phi) is 1.62. The molecule has 0 saturated carbocycles. The zero-order valence-electron chi connectivity index (χ0n) is 5.94. The number of fused-ring (bicyclic) bond motifs is 4. The van der Waals surface area contributed by atoms with Crippen LogP contribution in [0.3, 0.4) is 0 Å². The maximum Gasteiger partial charge on any atom is 0.103 e. The van der Waals surface area contributed by atoms with E-state index in [4.69, 9.17) is 0 Å². The van der Waals surface area contributed by atoms with Crippen LogP contribution in [0.2, 0.25) is 0 Å². The highest BCUT2D eigenvalue weighted by molar-refractivity contribution is 4.90. The van der Waals surface area contributed by atoms with E-state index < -0.39 is 6.17 Å². The molecule has 2 unspecified atom stereocenters. The Bertz CT molecular complexity index is 107. The average molecular weight is 144 g/mol. The molecular formula is C7H13FN2. The third-order valence-electron chi connectivity index (χ3n) is 2.39. The van der Waals surface area contributed by atoms with E-state index in [0.717, 1.165) is 13.1 Å². The van der Waals surface area contributed by atoms with E-state index in [0.29, 0.717) is 24.9 Å². The van der Waals surface area contributed by atoms with Crippen LogP contribution >= 0.6 is 0 Å². The third-order valence-corrected chi connectivity index (χ3v) is 2.39. The summed E-state index contributed by atoms with van der Waals surface area (Å²) < 4.78 is 12.9. The van der Waals surface area contributed by atoms with Gasteiger partial charge >= 0.3 is 0 Å². The molecule has 3 aliphatic heterocycles. The molecule has 0 aromatic heterocycles. The van der Waals surface area contributed by atoms with Gasteiger partial charge < -0.3 is 10.6 Å². The van der Waals surface area contributed by atoms with E-state index in [1.807, 2.05) is 0 Å². The van der Waals surface area contributed by atoms with Crippen LogP contribution in [0.4, 0.5) is 4.39 Å². The van der Waals surface area contributed by atoms with E-state index in [-0.39, 0.29) is 0 Å². The first kappa shape index (κ1) is 6.55. The zero-order valence-corrected chi connectivity index (χ0v) is 5.94. The monoisotopic (exact) mass is 144 g/mol. The fourth-order valence-electron chi connectivity index (χ4n) is 1.81. The second kappa shape index (κ2) is 2.47. The van der Waals surface area contributed by atoms with Crippen molar-refractivity contribution in [1.29, 1.82) is 0 Å². The van der Waals surface area contributed by atoms with Gasteiger partial charge in [-0.3, -0.25) is 0 Å². The van der Waals surface area contributed by atoms with Gasteiger partial charge in [0.15, 0.2) is 0 Å². The summed E-state index contributed by atoms with van der Waals surface area (Å²) in [5.74, 6) is 0. The van der Waals surface area contributed by atoms with Crippen molar-refractivity contribution in [2.75, 3.05) is 13.1 Å². The lowest BCUT2D eigenvalue weighted by Gasteiger charge is -2.25. The van der Waals surface area contributed by atoms with Crippen molar-refractivity contribution in [2.45, 2.75) is 31.1 Å². The van der Waals surface area contributed by atoms with Gasteiger partial charge in [0.2, 0.25) is 0 Å². The van der Waals surface area contributed by atoms with Gasteiger partial charge in [-0.1, -0.05) is 0 Å². The minimum Gasteiger partial charge on any atom is -0.311 e. The molecule has 2 nitrogen and oxygen atoms in total. The molecule has 3 aliphatic rings. The lowest BCUT2D eigenvalue weighted by Crippen LogP contribution is -2.51. The molecular weight excluding hydrogens is 131 g/mol. The van der Waals surface area contributed by atoms with Crippen molar-refractivity contribution in [3.05, 3.63) is 0 Å². The summed E-state index contributed by atoms with van der Waals surface area (Å²) in [7, 11) is 0. The molecule has 0 spiro atoms. The number of piperazine rings is 1. The van der Waals surface area contributed by atoms with Crippen LogP contribution in [-0.2, 0) is 0 Å². The van der Waals surface area contributed by atoms with Gasteiger partial charge in [-0.2, -0.15) is 0 Å². The number of alkyl halides is 1. The summed E-state index contributed by atoms with van der Waals surface area (Å²) in [6.45, 7) is 1.90. The van der Waals surface area contributed by atoms with Crippen LogP contribution in [0.15, 0.2) is 0 Å². The molecule has 3 heterocycles. The van der Waals surface area contributed by atoms with Gasteiger partial charge in [-0.25, -0.2) is 4.39 Å². The quantitative estimate of drug-likeness (QED) is 0.502. The zero-order chi connectivity index (χ0) is 6.97. The van der Waals surface area contributed by atoms with Crippen molar-refractivity contribution in [2.24, 2.45) is 0 Å². The lowest BCUT2D eigenvalue weighted by molar-refractivity contribution is 0.294. The summed E-state index contributed by atoms with van der Waals surface area (Å²) in [6.07, 6.45) is 0.812. The molecule has 10 heavy (non-hydrogen) atoms. The maximum absolute atomic E-state index is 12.9. The molecule has 3 fully saturated rings. The number of hydrogen-bond acceptors (Lipinski definition) is 2. The van der Waals surface area contributed by atoms with Gasteiger partial charge in [0, 0.05) is 25.2 Å². The molecule has 58 valence electrons. The second-order valence-electron chi connectivity index (χ2n) is 3.28. The Labute approximate surface area is 60.2 Å². The summed E-state index contributed by atoms with van der Waals surface area (Å²) in [5, 5.41) is 6.62. The average Bonchev–Trinajstić information content (AvgIpc) is 2.17. The number of hydrogen-bond donors (Lipinski definition) is 2. The minimum absolute atomic E-state index is 0.383. The van der Waals surface area contributed by atoms with Gasteiger partial charge in [-0.05, 0) is 12.8 Å². The second-order valence-corrected chi connectivity index (χ2v) is 3.28. The number of halogens is 1. The van der Waals surface area contributed by atoms with Crippen LogP contribution in [-0.4, -0.2) is 31.3 Å². The molecule has 3 saturated heterocycles. The molecule has 3 heteroatoms. The molecule has 2 N–H and O–H groups in total. The van der Waals surface area contributed by atoms with Gasteiger partial charge in [0.1, 0.15) is 6.17 Å². The minimum atomic E-state index is -0.583. The van der Waals surface area contributed by atoms with Crippen molar-refractivity contribution < 1.29 is 4.39 Å². The van der Waals surface area contributed by atoms with Crippen LogP contribution in [0.5, 0.6) is 0 Å². The normalized spacial score (nSPS) is 47.1. The Hall–Kier alpha value is -0.150. The number of nitrogens with one attached hydrogen (secondary N) is 2. The van der Waals surface area contributed by atoms with E-state index in [2.05, 4.69) is 10.6 Å². The van der Waals surface area contributed by atoms with Crippen LogP contribution in [0, 0.1) is 0 Å². The molecule has 3 rings (SSSR count). The Morgan fingerprint density at radius 1 is 1.00 bits per heavy atom. The molecule has 2 atom stereocenters. The van der Waals surface area contributed by atoms with Crippen molar-refractivity contribution >= 4 is 0 Å². The topological polar surface area (TPSA) is 24.1 Å². The van der Waals surface area contributed by atoms with E-state index in [9.17, 15) is 4.39 Å². The highest BCUT2D eigenvalue weighted by atomic mass is 19.1. The van der Waals surface area contributed by atoms with E-state index in [1.165, 1.54) is 0 Å². The Balaban J connectivity index is 2.05. The first-order valence-corrected chi connectivity index (χ1v) is 3.95. The fraction of sp³-hybridized carbons (Fsp3) is 1.00. The smallest absolute Gasteiger partial charge is 0.103 e. The van der Waals surface area contributed by atoms with Crippen LogP contribution in [0.25, 0.3) is 0 Å². The van der Waals surface area contributed by atoms with Crippen molar-refractivity contribution in [3.8, 4) is 0 Å². The molecule has 2 bridgehead atoms. The summed E-state index contributed by atoms with van der Waals surface area (Å²) in [4.78, 5) is 0. The number of rotatable bonds is 0. The fourth-order valence-corrected chi connectivity index (χ4v) is 1.81. The molecule has 0 amide bonds. The Morgan fingerprint density at radius 3 is 1.90 bits per heavy atom. The summed E-state index contributed by atoms with van der Waals surface area (Å²) in [6, 6.07) is 0.766. The summed E-state index contributed by atoms with van der Waals surface area (Å²) in [5.41, 5.74) is 0. The van der Waals surface area contributed by atoms with Crippen molar-refractivity contribution in [1.82, 2.24) is 10.6 Å². The first-order valence-electron chi connectivity index (χ1n) is 3.95.